The van der Waals surface area contributed by atoms with Crippen molar-refractivity contribution in [2.45, 2.75) is 42.0 Å². The molecule has 37 heavy (non-hydrogen) atoms. The summed E-state index contributed by atoms with van der Waals surface area (Å²) in [5.74, 6) is 0.127. The van der Waals surface area contributed by atoms with Crippen LogP contribution >= 0.6 is 11.8 Å². The Morgan fingerprint density at radius 2 is 1.65 bits per heavy atom. The highest BCUT2D eigenvalue weighted by Gasteiger charge is 2.79. The van der Waals surface area contributed by atoms with E-state index in [0.29, 0.717) is 30.2 Å². The van der Waals surface area contributed by atoms with Gasteiger partial charge in [-0.3, -0.25) is 9.52 Å². The first-order valence-corrected chi connectivity index (χ1v) is 13.8. The molecule has 3 saturated carbocycles. The van der Waals surface area contributed by atoms with Crippen LogP contribution in [-0.2, 0) is 16.2 Å². The number of ether oxygens (including phenoxy) is 1. The standard InChI is InChI=1S/C23H22F6N2O4S2/c1-36-9-8-35-15-3-5-16(6-4-15)37(33,34)31-18-10-14(22(24,25)26)2-7-17(18)19(32)30-21-11-20(12-21,13-21)23(27,28)29/h2-7,10,31H,8-9,11-13H2,1H3,(H,30,32). The van der Waals surface area contributed by atoms with E-state index in [1.165, 1.54) is 24.3 Å². The largest absolute Gasteiger partial charge is 0.493 e. The van der Waals surface area contributed by atoms with Crippen molar-refractivity contribution in [3.63, 3.8) is 0 Å². The Morgan fingerprint density at radius 1 is 1.03 bits per heavy atom. The number of hydrogen-bond donors (Lipinski definition) is 2. The molecule has 0 radical (unpaired) electrons. The quantitative estimate of drug-likeness (QED) is 0.310. The molecule has 6 nitrogen and oxygen atoms in total. The normalized spacial score (nSPS) is 23.0. The highest BCUT2D eigenvalue weighted by atomic mass is 32.2. The number of halogens is 6. The van der Waals surface area contributed by atoms with Crippen molar-refractivity contribution in [3.05, 3.63) is 53.6 Å². The van der Waals surface area contributed by atoms with Crippen LogP contribution in [-0.4, -0.2) is 44.7 Å². The lowest BCUT2D eigenvalue weighted by atomic mass is 9.39. The zero-order valence-corrected chi connectivity index (χ0v) is 20.9. The second-order valence-corrected chi connectivity index (χ2v) is 11.9. The lowest BCUT2D eigenvalue weighted by Crippen LogP contribution is -2.78. The second-order valence-electron chi connectivity index (χ2n) is 9.22. The van der Waals surface area contributed by atoms with E-state index in [4.69, 9.17) is 4.74 Å². The Kier molecular flexibility index (Phi) is 6.89. The number of nitrogens with one attached hydrogen (secondary N) is 2. The molecular formula is C23H22F6N2O4S2. The summed E-state index contributed by atoms with van der Waals surface area (Å²) in [6.07, 6.45) is -8.35. The van der Waals surface area contributed by atoms with Gasteiger partial charge in [0.1, 0.15) is 5.75 Å². The fourth-order valence-electron chi connectivity index (χ4n) is 4.69. The predicted molar refractivity (Wildman–Crippen MR) is 125 cm³/mol. The Hall–Kier alpha value is -2.61. The minimum atomic E-state index is -4.84. The molecule has 2 bridgehead atoms. The van der Waals surface area contributed by atoms with Gasteiger partial charge in [0.25, 0.3) is 15.9 Å². The van der Waals surface area contributed by atoms with Gasteiger partial charge in [-0.1, -0.05) is 0 Å². The van der Waals surface area contributed by atoms with E-state index >= 15 is 0 Å². The van der Waals surface area contributed by atoms with Crippen LogP contribution in [0.2, 0.25) is 0 Å². The number of anilines is 1. The van der Waals surface area contributed by atoms with Gasteiger partial charge in [0.2, 0.25) is 0 Å². The molecule has 3 fully saturated rings. The molecule has 202 valence electrons. The monoisotopic (exact) mass is 568 g/mol. The maximum absolute atomic E-state index is 13.3. The summed E-state index contributed by atoms with van der Waals surface area (Å²) in [4.78, 5) is 12.6. The van der Waals surface area contributed by atoms with E-state index in [2.05, 4.69) is 5.32 Å². The third kappa shape index (κ3) is 5.35. The molecule has 0 heterocycles. The number of alkyl halides is 6. The lowest BCUT2D eigenvalue weighted by Gasteiger charge is -2.70. The molecular weight excluding hydrogens is 546 g/mol. The summed E-state index contributed by atoms with van der Waals surface area (Å²) < 4.78 is 113. The minimum Gasteiger partial charge on any atom is -0.493 e. The van der Waals surface area contributed by atoms with Gasteiger partial charge in [0.05, 0.1) is 33.7 Å². The summed E-state index contributed by atoms with van der Waals surface area (Å²) in [6.45, 7) is 0.389. The molecule has 2 aromatic rings. The van der Waals surface area contributed by atoms with Crippen molar-refractivity contribution in [3.8, 4) is 5.75 Å². The number of amides is 1. The molecule has 0 unspecified atom stereocenters. The Morgan fingerprint density at radius 3 is 2.19 bits per heavy atom. The van der Waals surface area contributed by atoms with Crippen LogP contribution in [0.15, 0.2) is 47.4 Å². The van der Waals surface area contributed by atoms with Gasteiger partial charge in [0, 0.05) is 11.3 Å². The average Bonchev–Trinajstić information content (AvgIpc) is 2.74. The Balaban J connectivity index is 1.56. The molecule has 0 spiro atoms. The van der Waals surface area contributed by atoms with E-state index in [0.717, 1.165) is 6.07 Å². The summed E-state index contributed by atoms with van der Waals surface area (Å²) in [5, 5.41) is 2.45. The van der Waals surface area contributed by atoms with E-state index < -0.39 is 56.1 Å². The molecule has 2 N–H and O–H groups in total. The van der Waals surface area contributed by atoms with Crippen molar-refractivity contribution in [1.29, 1.82) is 0 Å². The van der Waals surface area contributed by atoms with Crippen LogP contribution in [0.3, 0.4) is 0 Å². The molecule has 1 amide bonds. The molecule has 2 aromatic carbocycles. The first-order valence-electron chi connectivity index (χ1n) is 11.0. The summed E-state index contributed by atoms with van der Waals surface area (Å²) in [7, 11) is -4.43. The molecule has 0 aliphatic heterocycles. The van der Waals surface area contributed by atoms with Gasteiger partial charge < -0.3 is 10.1 Å². The SMILES string of the molecule is CSCCOc1ccc(S(=O)(=O)Nc2cc(C(F)(F)F)ccc2C(=O)NC23CC(C(F)(F)F)(C2)C3)cc1. The van der Waals surface area contributed by atoms with Crippen molar-refractivity contribution >= 4 is 33.4 Å². The maximum Gasteiger partial charge on any atom is 0.416 e. The van der Waals surface area contributed by atoms with Crippen LogP contribution in [0.5, 0.6) is 5.75 Å². The number of carbonyl (C=O) groups excluding carboxylic acids is 1. The topological polar surface area (TPSA) is 84.5 Å². The molecule has 3 aliphatic rings. The highest BCUT2D eigenvalue weighted by Crippen LogP contribution is 2.73. The first-order chi connectivity index (χ1) is 17.1. The molecule has 0 aromatic heterocycles. The van der Waals surface area contributed by atoms with Crippen molar-refractivity contribution in [2.24, 2.45) is 5.41 Å². The number of sulfonamides is 1. The van der Waals surface area contributed by atoms with Gasteiger partial charge in [-0.15, -0.1) is 0 Å². The molecule has 3 aliphatic carbocycles. The average molecular weight is 569 g/mol. The van der Waals surface area contributed by atoms with Gasteiger partial charge >= 0.3 is 12.4 Å². The number of carbonyl (C=O) groups is 1. The van der Waals surface area contributed by atoms with Crippen LogP contribution in [0.25, 0.3) is 0 Å². The Bertz CT molecular complexity index is 1270. The van der Waals surface area contributed by atoms with Crippen LogP contribution in [0.4, 0.5) is 32.0 Å². The van der Waals surface area contributed by atoms with Crippen molar-refractivity contribution in [1.82, 2.24) is 5.32 Å². The minimum absolute atomic E-state index is 0.292. The zero-order valence-electron chi connectivity index (χ0n) is 19.3. The molecule has 0 saturated heterocycles. The first kappa shape index (κ1) is 27.4. The summed E-state index contributed by atoms with van der Waals surface area (Å²) >= 11 is 1.55. The van der Waals surface area contributed by atoms with Crippen LogP contribution in [0.1, 0.15) is 35.2 Å². The summed E-state index contributed by atoms with van der Waals surface area (Å²) in [6, 6.07) is 7.04. The second kappa shape index (κ2) is 9.29. The van der Waals surface area contributed by atoms with E-state index in [1.54, 1.807) is 11.8 Å². The lowest BCUT2D eigenvalue weighted by molar-refractivity contribution is -0.336. The van der Waals surface area contributed by atoms with Crippen LogP contribution < -0.4 is 14.8 Å². The van der Waals surface area contributed by atoms with Gasteiger partial charge in [0.15, 0.2) is 0 Å². The number of hydrogen-bond acceptors (Lipinski definition) is 5. The highest BCUT2D eigenvalue weighted by molar-refractivity contribution is 7.98. The Labute approximate surface area is 213 Å². The van der Waals surface area contributed by atoms with Crippen LogP contribution in [0, 0.1) is 5.41 Å². The van der Waals surface area contributed by atoms with Gasteiger partial charge in [-0.05, 0) is 68.0 Å². The molecule has 14 heteroatoms. The molecule has 0 atom stereocenters. The predicted octanol–water partition coefficient (Wildman–Crippen LogP) is 5.46. The van der Waals surface area contributed by atoms with E-state index in [-0.39, 0.29) is 24.2 Å². The van der Waals surface area contributed by atoms with Gasteiger partial charge in [-0.25, -0.2) is 8.42 Å². The number of benzene rings is 2. The maximum atomic E-state index is 13.3. The van der Waals surface area contributed by atoms with Gasteiger partial charge in [-0.2, -0.15) is 38.1 Å². The van der Waals surface area contributed by atoms with Crippen molar-refractivity contribution < 1.29 is 44.3 Å². The van der Waals surface area contributed by atoms with E-state index in [9.17, 15) is 39.6 Å². The fraction of sp³-hybridized carbons (Fsp3) is 0.435. The fourth-order valence-corrected chi connectivity index (χ4v) is 6.01. The third-order valence-electron chi connectivity index (χ3n) is 6.54. The number of thioether (sulfide) groups is 1. The summed E-state index contributed by atoms with van der Waals surface area (Å²) in [5.41, 5.74) is -5.27. The number of rotatable bonds is 9. The van der Waals surface area contributed by atoms with Crippen molar-refractivity contribution in [2.75, 3.05) is 23.3 Å². The van der Waals surface area contributed by atoms with E-state index in [1.807, 2.05) is 11.0 Å². The molecule has 5 rings (SSSR count). The zero-order chi connectivity index (χ0) is 27.3. The smallest absolute Gasteiger partial charge is 0.416 e. The third-order valence-corrected chi connectivity index (χ3v) is 8.49.